The zero-order valence-corrected chi connectivity index (χ0v) is 17.0. The summed E-state index contributed by atoms with van der Waals surface area (Å²) >= 11 is 0. The van der Waals surface area contributed by atoms with Crippen LogP contribution in [0.15, 0.2) is 72.8 Å². The first-order valence-electron chi connectivity index (χ1n) is 11.3. The van der Waals surface area contributed by atoms with Crippen LogP contribution in [0.3, 0.4) is 0 Å². The summed E-state index contributed by atoms with van der Waals surface area (Å²) in [6, 6.07) is 27.8. The monoisotopic (exact) mass is 390 g/mol. The van der Waals surface area contributed by atoms with Crippen LogP contribution in [-0.4, -0.2) is 0 Å². The zero-order valence-electron chi connectivity index (χ0n) is 17.0. The Kier molecular flexibility index (Phi) is 2.36. The van der Waals surface area contributed by atoms with Gasteiger partial charge in [0.25, 0.3) is 0 Å². The number of benzene rings is 6. The molecular formula is C31H18. The predicted octanol–water partition coefficient (Wildman–Crippen LogP) is 7.68. The van der Waals surface area contributed by atoms with Gasteiger partial charge in [-0.3, -0.25) is 0 Å². The molecule has 0 saturated carbocycles. The van der Waals surface area contributed by atoms with Gasteiger partial charge in [-0.1, -0.05) is 66.7 Å². The van der Waals surface area contributed by atoms with Gasteiger partial charge in [0, 0.05) is 0 Å². The first-order valence-corrected chi connectivity index (χ1v) is 11.3. The number of fused-ring (bicyclic) bond motifs is 1. The highest BCUT2D eigenvalue weighted by atomic mass is 14.4. The van der Waals surface area contributed by atoms with Gasteiger partial charge in [-0.25, -0.2) is 0 Å². The van der Waals surface area contributed by atoms with Gasteiger partial charge in [0.2, 0.25) is 0 Å². The molecule has 0 N–H and O–H groups in total. The summed E-state index contributed by atoms with van der Waals surface area (Å²) in [6.45, 7) is 0. The summed E-state index contributed by atoms with van der Waals surface area (Å²) < 4.78 is 0. The van der Waals surface area contributed by atoms with Gasteiger partial charge in [0.05, 0.1) is 0 Å². The molecule has 0 amide bonds. The largest absolute Gasteiger partial charge is 0.0616 e. The summed E-state index contributed by atoms with van der Waals surface area (Å²) in [7, 11) is 0. The Labute approximate surface area is 179 Å². The van der Waals surface area contributed by atoms with E-state index in [0.29, 0.717) is 0 Å². The molecule has 0 atom stereocenters. The molecule has 142 valence electrons. The fourth-order valence-corrected chi connectivity index (χ4v) is 7.07. The second kappa shape index (κ2) is 4.81. The molecule has 3 aliphatic rings. The Balaban J connectivity index is 1.55. The quantitative estimate of drug-likeness (QED) is 0.252. The highest BCUT2D eigenvalue weighted by molar-refractivity contribution is 6.34. The molecule has 0 spiro atoms. The van der Waals surface area contributed by atoms with Crippen LogP contribution < -0.4 is 0 Å². The van der Waals surface area contributed by atoms with Gasteiger partial charge in [-0.05, 0) is 113 Å². The number of rotatable bonds is 1. The smallest absolute Gasteiger partial charge is 0.000682 e. The Morgan fingerprint density at radius 3 is 1.77 bits per heavy atom. The van der Waals surface area contributed by atoms with E-state index >= 15 is 0 Å². The molecule has 6 aromatic rings. The van der Waals surface area contributed by atoms with Crippen molar-refractivity contribution in [3.05, 3.63) is 106 Å². The molecular weight excluding hydrogens is 372 g/mol. The van der Waals surface area contributed by atoms with Crippen LogP contribution in [0.2, 0.25) is 0 Å². The lowest BCUT2D eigenvalue weighted by atomic mass is 9.89. The van der Waals surface area contributed by atoms with E-state index in [0.717, 1.165) is 19.3 Å². The molecule has 0 nitrogen and oxygen atoms in total. The highest BCUT2D eigenvalue weighted by Crippen LogP contribution is 2.55. The molecule has 0 aromatic heterocycles. The Morgan fingerprint density at radius 1 is 0.419 bits per heavy atom. The van der Waals surface area contributed by atoms with Crippen molar-refractivity contribution in [1.82, 2.24) is 0 Å². The van der Waals surface area contributed by atoms with Crippen molar-refractivity contribution in [2.75, 3.05) is 0 Å². The average molecular weight is 390 g/mol. The molecule has 31 heavy (non-hydrogen) atoms. The SMILES string of the molecule is c1ccc2c(-c3cc4c5c6c(ccc7c6c6c(ccc8c6c5c3C8)C7)C4)cccc2c1. The molecule has 0 aliphatic heterocycles. The van der Waals surface area contributed by atoms with Crippen molar-refractivity contribution in [3.8, 4) is 11.1 Å². The number of hydrogen-bond acceptors (Lipinski definition) is 0. The van der Waals surface area contributed by atoms with Gasteiger partial charge >= 0.3 is 0 Å². The Morgan fingerprint density at radius 2 is 1.00 bits per heavy atom. The second-order valence-corrected chi connectivity index (χ2v) is 9.64. The molecule has 0 heterocycles. The van der Waals surface area contributed by atoms with Crippen molar-refractivity contribution in [2.24, 2.45) is 0 Å². The van der Waals surface area contributed by atoms with E-state index in [4.69, 9.17) is 0 Å². The molecule has 0 bridgehead atoms. The molecule has 0 unspecified atom stereocenters. The summed E-state index contributed by atoms with van der Waals surface area (Å²) in [6.07, 6.45) is 3.23. The lowest BCUT2D eigenvalue weighted by molar-refractivity contribution is 1.24. The summed E-state index contributed by atoms with van der Waals surface area (Å²) in [5.41, 5.74) is 12.0. The van der Waals surface area contributed by atoms with Crippen molar-refractivity contribution < 1.29 is 0 Å². The van der Waals surface area contributed by atoms with Crippen molar-refractivity contribution in [2.45, 2.75) is 19.3 Å². The van der Waals surface area contributed by atoms with Gasteiger partial charge < -0.3 is 0 Å². The predicted molar refractivity (Wildman–Crippen MR) is 130 cm³/mol. The average Bonchev–Trinajstić information content (AvgIpc) is 3.47. The lowest BCUT2D eigenvalue weighted by Crippen LogP contribution is -1.92. The van der Waals surface area contributed by atoms with E-state index in [1.54, 1.807) is 37.9 Å². The van der Waals surface area contributed by atoms with Crippen LogP contribution in [0, 0.1) is 0 Å². The molecule has 0 heteroatoms. The lowest BCUT2D eigenvalue weighted by Gasteiger charge is -2.14. The van der Waals surface area contributed by atoms with Crippen molar-refractivity contribution in [3.63, 3.8) is 0 Å². The zero-order chi connectivity index (χ0) is 19.8. The molecule has 3 aliphatic carbocycles. The molecule has 6 aromatic carbocycles. The topological polar surface area (TPSA) is 0 Å². The summed E-state index contributed by atoms with van der Waals surface area (Å²) in [4.78, 5) is 0. The minimum absolute atomic E-state index is 1.06. The van der Waals surface area contributed by atoms with Crippen LogP contribution >= 0.6 is 0 Å². The minimum atomic E-state index is 1.06. The fraction of sp³-hybridized carbons (Fsp3) is 0.0968. The van der Waals surface area contributed by atoms with Gasteiger partial charge in [-0.2, -0.15) is 0 Å². The van der Waals surface area contributed by atoms with Crippen LogP contribution in [0.1, 0.15) is 33.4 Å². The third-order valence-electron chi connectivity index (χ3n) is 8.23. The first-order chi connectivity index (χ1) is 15.4. The second-order valence-electron chi connectivity index (χ2n) is 9.64. The molecule has 0 fully saturated rings. The normalized spacial score (nSPS) is 14.7. The van der Waals surface area contributed by atoms with E-state index < -0.39 is 0 Å². The maximum absolute atomic E-state index is 2.54. The Hall–Kier alpha value is -3.64. The van der Waals surface area contributed by atoms with E-state index in [1.165, 1.54) is 49.7 Å². The molecule has 0 radical (unpaired) electrons. The van der Waals surface area contributed by atoms with Crippen LogP contribution in [-0.2, 0) is 19.3 Å². The maximum atomic E-state index is 2.54. The Bertz CT molecular complexity index is 1810. The summed E-state index contributed by atoms with van der Waals surface area (Å²) in [5.74, 6) is 0. The fourth-order valence-electron chi connectivity index (χ4n) is 7.07. The minimum Gasteiger partial charge on any atom is -0.0616 e. The van der Waals surface area contributed by atoms with Crippen molar-refractivity contribution >= 4 is 43.1 Å². The third kappa shape index (κ3) is 1.58. The number of hydrogen-bond donors (Lipinski definition) is 0. The van der Waals surface area contributed by atoms with Crippen LogP contribution in [0.4, 0.5) is 0 Å². The highest BCUT2D eigenvalue weighted by Gasteiger charge is 2.32. The molecule has 9 rings (SSSR count). The van der Waals surface area contributed by atoms with Gasteiger partial charge in [-0.15, -0.1) is 0 Å². The maximum Gasteiger partial charge on any atom is -0.000682 e. The van der Waals surface area contributed by atoms with Gasteiger partial charge in [0.15, 0.2) is 0 Å². The van der Waals surface area contributed by atoms with Crippen LogP contribution in [0.25, 0.3) is 54.2 Å². The van der Waals surface area contributed by atoms with E-state index in [1.807, 2.05) is 0 Å². The van der Waals surface area contributed by atoms with E-state index in [-0.39, 0.29) is 0 Å². The first kappa shape index (κ1) is 15.2. The summed E-state index contributed by atoms with van der Waals surface area (Å²) in [5, 5.41) is 12.1. The van der Waals surface area contributed by atoms with Crippen LogP contribution in [0.5, 0.6) is 0 Å². The van der Waals surface area contributed by atoms with Crippen molar-refractivity contribution in [1.29, 1.82) is 0 Å². The standard InChI is InChI=1S/C31H18/c1-2-6-22-16(4-1)5-3-7-23(22)24-15-21-13-19-9-8-17-12-18-10-11-20-14-25(24)31-29(20)27(18)26(17)28(19)30(21)31/h1-11,15H,12-14H2. The van der Waals surface area contributed by atoms with E-state index in [2.05, 4.69) is 72.8 Å². The third-order valence-corrected chi connectivity index (χ3v) is 8.23. The van der Waals surface area contributed by atoms with Gasteiger partial charge in [0.1, 0.15) is 0 Å². The molecule has 0 saturated heterocycles. The van der Waals surface area contributed by atoms with E-state index in [9.17, 15) is 0 Å².